The van der Waals surface area contributed by atoms with Crippen LogP contribution in [0.4, 0.5) is 17.1 Å². The number of anilines is 3. The maximum absolute atomic E-state index is 11.1. The average molecular weight is 246 g/mol. The number of hydrogen-bond acceptors (Lipinski definition) is 4. The number of aromatic carboxylic acids is 1. The number of carbonyl (C=O) groups is 1. The summed E-state index contributed by atoms with van der Waals surface area (Å²) in [6.45, 7) is 1.84. The van der Waals surface area contributed by atoms with Gasteiger partial charge in [0, 0.05) is 18.9 Å². The minimum atomic E-state index is -1.00. The number of aromatic nitrogens is 2. The van der Waals surface area contributed by atoms with Crippen LogP contribution in [0.15, 0.2) is 24.4 Å². The number of carboxylic acids is 1. The van der Waals surface area contributed by atoms with Crippen LogP contribution in [-0.4, -0.2) is 20.9 Å². The molecule has 4 N–H and O–H groups in total. The monoisotopic (exact) mass is 246 g/mol. The van der Waals surface area contributed by atoms with Gasteiger partial charge in [-0.25, -0.2) is 4.79 Å². The van der Waals surface area contributed by atoms with E-state index in [4.69, 9.17) is 10.8 Å². The highest BCUT2D eigenvalue weighted by atomic mass is 16.4. The number of rotatable bonds is 3. The summed E-state index contributed by atoms with van der Waals surface area (Å²) in [6, 6.07) is 4.63. The molecular weight excluding hydrogens is 232 g/mol. The molecule has 0 radical (unpaired) electrons. The van der Waals surface area contributed by atoms with Gasteiger partial charge in [0.05, 0.1) is 22.6 Å². The fourth-order valence-electron chi connectivity index (χ4n) is 1.72. The van der Waals surface area contributed by atoms with E-state index < -0.39 is 5.97 Å². The van der Waals surface area contributed by atoms with Gasteiger partial charge in [0.1, 0.15) is 0 Å². The number of benzene rings is 1. The number of nitrogens with one attached hydrogen (secondary N) is 1. The van der Waals surface area contributed by atoms with E-state index in [0.717, 1.165) is 11.4 Å². The molecule has 1 heterocycles. The highest BCUT2D eigenvalue weighted by Crippen LogP contribution is 2.25. The lowest BCUT2D eigenvalue weighted by atomic mass is 10.1. The zero-order valence-corrected chi connectivity index (χ0v) is 10.1. The molecule has 94 valence electrons. The smallest absolute Gasteiger partial charge is 0.337 e. The molecular formula is C12H14N4O2. The number of nitrogens with zero attached hydrogens (tertiary/aromatic N) is 2. The molecule has 0 spiro atoms. The lowest BCUT2D eigenvalue weighted by molar-refractivity contribution is 0.0698. The molecule has 0 bridgehead atoms. The Morgan fingerprint density at radius 3 is 2.72 bits per heavy atom. The molecule has 0 aliphatic heterocycles. The van der Waals surface area contributed by atoms with Crippen molar-refractivity contribution in [3.8, 4) is 0 Å². The van der Waals surface area contributed by atoms with Crippen LogP contribution >= 0.6 is 0 Å². The van der Waals surface area contributed by atoms with Gasteiger partial charge in [-0.1, -0.05) is 0 Å². The quantitative estimate of drug-likeness (QED) is 0.717. The molecule has 0 aliphatic carbocycles. The second-order valence-electron chi connectivity index (χ2n) is 4.04. The van der Waals surface area contributed by atoms with Crippen molar-refractivity contribution >= 4 is 23.0 Å². The third-order valence-corrected chi connectivity index (χ3v) is 2.56. The number of carboxylic acid groups (broad SMARTS) is 1. The van der Waals surface area contributed by atoms with E-state index in [1.807, 2.05) is 6.92 Å². The largest absolute Gasteiger partial charge is 0.478 e. The first-order valence-corrected chi connectivity index (χ1v) is 5.37. The summed E-state index contributed by atoms with van der Waals surface area (Å²) in [5.41, 5.74) is 8.35. The van der Waals surface area contributed by atoms with Crippen molar-refractivity contribution in [2.45, 2.75) is 6.92 Å². The van der Waals surface area contributed by atoms with Crippen LogP contribution in [0.25, 0.3) is 0 Å². The second kappa shape index (κ2) is 4.40. The molecule has 0 saturated carbocycles. The fourth-order valence-corrected chi connectivity index (χ4v) is 1.72. The summed E-state index contributed by atoms with van der Waals surface area (Å²) in [7, 11) is 1.80. The van der Waals surface area contributed by atoms with Crippen LogP contribution in [-0.2, 0) is 7.05 Å². The first kappa shape index (κ1) is 12.0. The Kier molecular flexibility index (Phi) is 2.93. The van der Waals surface area contributed by atoms with Gasteiger partial charge in [-0.05, 0) is 25.1 Å². The van der Waals surface area contributed by atoms with Gasteiger partial charge in [-0.15, -0.1) is 0 Å². The van der Waals surface area contributed by atoms with E-state index in [1.54, 1.807) is 30.1 Å². The summed E-state index contributed by atoms with van der Waals surface area (Å²) in [5.74, 6) is -1.00. The Morgan fingerprint density at radius 1 is 1.44 bits per heavy atom. The summed E-state index contributed by atoms with van der Waals surface area (Å²) in [4.78, 5) is 11.1. The summed E-state index contributed by atoms with van der Waals surface area (Å²) < 4.78 is 1.66. The topological polar surface area (TPSA) is 93.2 Å². The molecule has 18 heavy (non-hydrogen) atoms. The SMILES string of the molecule is Cc1nn(C)cc1Nc1cc(N)ccc1C(=O)O. The average Bonchev–Trinajstić information content (AvgIpc) is 2.57. The molecule has 6 nitrogen and oxygen atoms in total. The van der Waals surface area contributed by atoms with Crippen LogP contribution < -0.4 is 11.1 Å². The molecule has 0 saturated heterocycles. The lowest BCUT2D eigenvalue weighted by Gasteiger charge is -2.09. The molecule has 1 aromatic carbocycles. The number of nitrogens with two attached hydrogens (primary N) is 1. The third-order valence-electron chi connectivity index (χ3n) is 2.56. The molecule has 0 atom stereocenters. The van der Waals surface area contributed by atoms with E-state index in [0.29, 0.717) is 11.4 Å². The molecule has 0 aliphatic rings. The van der Waals surface area contributed by atoms with Gasteiger partial charge >= 0.3 is 5.97 Å². The predicted octanol–water partition coefficient (Wildman–Crippen LogP) is 1.75. The lowest BCUT2D eigenvalue weighted by Crippen LogP contribution is -2.03. The number of aryl methyl sites for hydroxylation is 2. The van der Waals surface area contributed by atoms with Crippen molar-refractivity contribution in [3.63, 3.8) is 0 Å². The van der Waals surface area contributed by atoms with Crippen molar-refractivity contribution in [1.29, 1.82) is 0 Å². The molecule has 0 unspecified atom stereocenters. The first-order chi connectivity index (χ1) is 8.47. The summed E-state index contributed by atoms with van der Waals surface area (Å²) in [6.07, 6.45) is 1.78. The van der Waals surface area contributed by atoms with E-state index >= 15 is 0 Å². The van der Waals surface area contributed by atoms with E-state index in [9.17, 15) is 4.79 Å². The summed E-state index contributed by atoms with van der Waals surface area (Å²) >= 11 is 0. The fraction of sp³-hybridized carbons (Fsp3) is 0.167. The number of hydrogen-bond donors (Lipinski definition) is 3. The second-order valence-corrected chi connectivity index (χ2v) is 4.04. The van der Waals surface area contributed by atoms with Crippen LogP contribution in [0.2, 0.25) is 0 Å². The highest BCUT2D eigenvalue weighted by molar-refractivity contribution is 5.96. The van der Waals surface area contributed by atoms with Crippen LogP contribution in [0.5, 0.6) is 0 Å². The van der Waals surface area contributed by atoms with Crippen molar-refractivity contribution in [3.05, 3.63) is 35.7 Å². The first-order valence-electron chi connectivity index (χ1n) is 5.37. The molecule has 0 amide bonds. The van der Waals surface area contributed by atoms with Crippen molar-refractivity contribution in [2.75, 3.05) is 11.1 Å². The Morgan fingerprint density at radius 2 is 2.17 bits per heavy atom. The van der Waals surface area contributed by atoms with Crippen molar-refractivity contribution in [2.24, 2.45) is 7.05 Å². The van der Waals surface area contributed by atoms with Crippen LogP contribution in [0.1, 0.15) is 16.1 Å². The zero-order chi connectivity index (χ0) is 13.3. The maximum Gasteiger partial charge on any atom is 0.337 e. The van der Waals surface area contributed by atoms with E-state index in [2.05, 4.69) is 10.4 Å². The van der Waals surface area contributed by atoms with Gasteiger partial charge in [0.2, 0.25) is 0 Å². The third kappa shape index (κ3) is 2.27. The maximum atomic E-state index is 11.1. The predicted molar refractivity (Wildman–Crippen MR) is 69.0 cm³/mol. The van der Waals surface area contributed by atoms with Crippen LogP contribution in [0.3, 0.4) is 0 Å². The molecule has 0 fully saturated rings. The minimum absolute atomic E-state index is 0.174. The van der Waals surface area contributed by atoms with Gasteiger partial charge in [0.25, 0.3) is 0 Å². The molecule has 1 aromatic heterocycles. The Labute approximate surface area is 104 Å². The van der Waals surface area contributed by atoms with Gasteiger partial charge in [-0.2, -0.15) is 5.10 Å². The van der Waals surface area contributed by atoms with Gasteiger partial charge < -0.3 is 16.2 Å². The van der Waals surface area contributed by atoms with E-state index in [1.165, 1.54) is 6.07 Å². The Bertz CT molecular complexity index is 604. The highest BCUT2D eigenvalue weighted by Gasteiger charge is 2.12. The Hall–Kier alpha value is -2.50. The van der Waals surface area contributed by atoms with Gasteiger partial charge in [-0.3, -0.25) is 4.68 Å². The minimum Gasteiger partial charge on any atom is -0.478 e. The standard InChI is InChI=1S/C12H14N4O2/c1-7-11(6-16(2)15-7)14-10-5-8(13)3-4-9(10)12(17)18/h3-6,14H,13H2,1-2H3,(H,17,18). The van der Waals surface area contributed by atoms with Crippen LogP contribution in [0, 0.1) is 6.92 Å². The molecule has 6 heteroatoms. The zero-order valence-electron chi connectivity index (χ0n) is 10.1. The van der Waals surface area contributed by atoms with Crippen molar-refractivity contribution in [1.82, 2.24) is 9.78 Å². The number of nitrogen functional groups attached to an aromatic ring is 1. The van der Waals surface area contributed by atoms with Crippen molar-refractivity contribution < 1.29 is 9.90 Å². The van der Waals surface area contributed by atoms with E-state index in [-0.39, 0.29) is 5.56 Å². The normalized spacial score (nSPS) is 10.3. The van der Waals surface area contributed by atoms with Gasteiger partial charge in [0.15, 0.2) is 0 Å². The Balaban J connectivity index is 2.42. The summed E-state index contributed by atoms with van der Waals surface area (Å²) in [5, 5.41) is 16.3. The molecule has 2 rings (SSSR count). The molecule has 2 aromatic rings.